The Kier molecular flexibility index (Phi) is 8.01. The first-order valence-electron chi connectivity index (χ1n) is 10.8. The van der Waals surface area contributed by atoms with Crippen LogP contribution in [0.5, 0.6) is 0 Å². The Balaban J connectivity index is 1.60. The van der Waals surface area contributed by atoms with E-state index in [4.69, 9.17) is 9.73 Å². The van der Waals surface area contributed by atoms with Gasteiger partial charge in [0.25, 0.3) is 0 Å². The summed E-state index contributed by atoms with van der Waals surface area (Å²) >= 11 is 0. The fourth-order valence-corrected chi connectivity index (χ4v) is 3.60. The van der Waals surface area contributed by atoms with Crippen LogP contribution in [0.2, 0.25) is 0 Å². The highest BCUT2D eigenvalue weighted by atomic mass is 16.5. The lowest BCUT2D eigenvalue weighted by Crippen LogP contribution is -2.47. The molecule has 0 aromatic carbocycles. The molecule has 1 aliphatic rings. The highest BCUT2D eigenvalue weighted by Crippen LogP contribution is 2.14. The number of anilines is 1. The Labute approximate surface area is 179 Å². The summed E-state index contributed by atoms with van der Waals surface area (Å²) < 4.78 is 7.13. The highest BCUT2D eigenvalue weighted by Gasteiger charge is 2.22. The molecule has 30 heavy (non-hydrogen) atoms. The minimum atomic E-state index is 0.260. The maximum absolute atomic E-state index is 5.15. The van der Waals surface area contributed by atoms with E-state index in [0.29, 0.717) is 13.2 Å². The minimum absolute atomic E-state index is 0.260. The normalized spacial score (nSPS) is 16.3. The van der Waals surface area contributed by atoms with Gasteiger partial charge in [-0.05, 0) is 38.8 Å². The number of hydrogen-bond acceptors (Lipinski definition) is 6. The number of pyridine rings is 1. The number of rotatable bonds is 9. The first-order valence-corrected chi connectivity index (χ1v) is 10.8. The summed E-state index contributed by atoms with van der Waals surface area (Å²) in [6.07, 6.45) is 3.81. The molecule has 164 valence electrons. The van der Waals surface area contributed by atoms with E-state index in [0.717, 1.165) is 68.0 Å². The van der Waals surface area contributed by atoms with Crippen molar-refractivity contribution in [3.8, 4) is 0 Å². The molecule has 0 fully saturated rings. The third-order valence-corrected chi connectivity index (χ3v) is 5.18. The molecule has 0 radical (unpaired) electrons. The van der Waals surface area contributed by atoms with Crippen molar-refractivity contribution < 1.29 is 4.74 Å². The Morgan fingerprint density at radius 3 is 2.80 bits per heavy atom. The zero-order valence-electron chi connectivity index (χ0n) is 18.6. The van der Waals surface area contributed by atoms with Gasteiger partial charge >= 0.3 is 0 Å². The van der Waals surface area contributed by atoms with E-state index in [1.165, 1.54) is 0 Å². The van der Waals surface area contributed by atoms with Gasteiger partial charge < -0.3 is 20.3 Å². The van der Waals surface area contributed by atoms with Gasteiger partial charge in [-0.25, -0.2) is 19.6 Å². The smallest absolute Gasteiger partial charge is 0.191 e. The van der Waals surface area contributed by atoms with E-state index in [1.54, 1.807) is 7.11 Å². The topological polar surface area (TPSA) is 92.5 Å². The lowest BCUT2D eigenvalue weighted by Gasteiger charge is -2.25. The maximum atomic E-state index is 5.15. The molecule has 0 bridgehead atoms. The molecule has 0 amide bonds. The van der Waals surface area contributed by atoms with Crippen molar-refractivity contribution in [1.82, 2.24) is 30.4 Å². The number of aromatic nitrogens is 4. The number of ether oxygens (including phenoxy) is 1. The Morgan fingerprint density at radius 1 is 1.30 bits per heavy atom. The molecule has 0 aliphatic carbocycles. The number of aryl methyl sites for hydroxylation is 1. The van der Waals surface area contributed by atoms with Crippen molar-refractivity contribution in [3.05, 3.63) is 35.5 Å². The molecule has 2 N–H and O–H groups in total. The van der Waals surface area contributed by atoms with Crippen molar-refractivity contribution in [1.29, 1.82) is 0 Å². The first-order chi connectivity index (χ1) is 14.7. The third kappa shape index (κ3) is 5.69. The molecule has 9 nitrogen and oxygen atoms in total. The first kappa shape index (κ1) is 22.0. The zero-order chi connectivity index (χ0) is 21.3. The molecular formula is C21H34N8O. The summed E-state index contributed by atoms with van der Waals surface area (Å²) in [7, 11) is 1.66. The standard InChI is InChI=1S/C21H34N8O/c1-5-22-21(24-13-16-8-10-19(23-12-16)28(6-2)7-3)25-17-9-11-20-26-18(15-30-4)27-29(20)14-17/h8,10,12,17H,5-7,9,11,13-15H2,1-4H3,(H2,22,24,25). The lowest BCUT2D eigenvalue weighted by atomic mass is 10.1. The van der Waals surface area contributed by atoms with Gasteiger partial charge in [0, 0.05) is 45.4 Å². The SMILES string of the molecule is CCNC(=NCc1ccc(N(CC)CC)nc1)NC1CCc2nc(COC)nn2C1. The minimum Gasteiger partial charge on any atom is -0.377 e. The van der Waals surface area contributed by atoms with Gasteiger partial charge in [-0.15, -0.1) is 0 Å². The van der Waals surface area contributed by atoms with Crippen molar-refractivity contribution in [2.75, 3.05) is 31.6 Å². The van der Waals surface area contributed by atoms with Crippen LogP contribution in [0, 0.1) is 0 Å². The van der Waals surface area contributed by atoms with Gasteiger partial charge in [0.15, 0.2) is 11.8 Å². The van der Waals surface area contributed by atoms with Crippen LogP contribution < -0.4 is 15.5 Å². The lowest BCUT2D eigenvalue weighted by molar-refractivity contribution is 0.177. The summed E-state index contributed by atoms with van der Waals surface area (Å²) in [5, 5.41) is 11.4. The number of fused-ring (bicyclic) bond motifs is 1. The fourth-order valence-electron chi connectivity index (χ4n) is 3.60. The van der Waals surface area contributed by atoms with Crippen LogP contribution in [-0.2, 0) is 30.9 Å². The Bertz CT molecular complexity index is 813. The number of nitrogens with one attached hydrogen (secondary N) is 2. The van der Waals surface area contributed by atoms with Crippen LogP contribution in [-0.4, -0.2) is 58.5 Å². The molecule has 0 saturated carbocycles. The monoisotopic (exact) mass is 414 g/mol. The predicted octanol–water partition coefficient (Wildman–Crippen LogP) is 1.74. The average molecular weight is 415 g/mol. The van der Waals surface area contributed by atoms with E-state index in [-0.39, 0.29) is 6.04 Å². The summed E-state index contributed by atoms with van der Waals surface area (Å²) in [5.74, 6) is 3.60. The second kappa shape index (κ2) is 10.9. The van der Waals surface area contributed by atoms with Gasteiger partial charge in [-0.3, -0.25) is 0 Å². The van der Waals surface area contributed by atoms with Crippen molar-refractivity contribution in [3.63, 3.8) is 0 Å². The molecule has 1 unspecified atom stereocenters. The molecule has 3 heterocycles. The molecule has 9 heteroatoms. The van der Waals surface area contributed by atoms with Crippen LogP contribution in [0.15, 0.2) is 23.3 Å². The fraction of sp³-hybridized carbons (Fsp3) is 0.619. The Morgan fingerprint density at radius 2 is 2.13 bits per heavy atom. The average Bonchev–Trinajstić information content (AvgIpc) is 3.16. The molecule has 1 aliphatic heterocycles. The molecule has 3 rings (SSSR count). The van der Waals surface area contributed by atoms with Gasteiger partial charge in [-0.2, -0.15) is 5.10 Å². The molecule has 2 aromatic heterocycles. The van der Waals surface area contributed by atoms with E-state index in [9.17, 15) is 0 Å². The van der Waals surface area contributed by atoms with Gasteiger partial charge in [0.2, 0.25) is 0 Å². The van der Waals surface area contributed by atoms with Crippen molar-refractivity contribution >= 4 is 11.8 Å². The third-order valence-electron chi connectivity index (χ3n) is 5.18. The summed E-state index contributed by atoms with van der Waals surface area (Å²) in [6, 6.07) is 4.44. The molecule has 1 atom stereocenters. The van der Waals surface area contributed by atoms with Gasteiger partial charge in [0.05, 0.1) is 13.1 Å². The Hall–Kier alpha value is -2.68. The van der Waals surface area contributed by atoms with Crippen LogP contribution in [0.4, 0.5) is 5.82 Å². The van der Waals surface area contributed by atoms with E-state index in [2.05, 4.69) is 63.5 Å². The molecule has 0 spiro atoms. The molecule has 0 saturated heterocycles. The van der Waals surface area contributed by atoms with E-state index >= 15 is 0 Å². The number of methoxy groups -OCH3 is 1. The summed E-state index contributed by atoms with van der Waals surface area (Å²) in [6.45, 7) is 10.9. The second-order valence-corrected chi connectivity index (χ2v) is 7.33. The van der Waals surface area contributed by atoms with Gasteiger partial charge in [0.1, 0.15) is 18.2 Å². The van der Waals surface area contributed by atoms with E-state index in [1.807, 2.05) is 10.9 Å². The maximum Gasteiger partial charge on any atom is 0.191 e. The zero-order valence-corrected chi connectivity index (χ0v) is 18.6. The van der Waals surface area contributed by atoms with Gasteiger partial charge in [-0.1, -0.05) is 6.07 Å². The second-order valence-electron chi connectivity index (χ2n) is 7.33. The highest BCUT2D eigenvalue weighted by molar-refractivity contribution is 5.80. The number of guanidine groups is 1. The quantitative estimate of drug-likeness (QED) is 0.477. The summed E-state index contributed by atoms with van der Waals surface area (Å²) in [5.41, 5.74) is 1.09. The number of nitrogens with zero attached hydrogens (tertiary/aromatic N) is 6. The number of aliphatic imine (C=N–C) groups is 1. The summed E-state index contributed by atoms with van der Waals surface area (Å²) in [4.78, 5) is 16.1. The van der Waals surface area contributed by atoms with Crippen LogP contribution in [0.25, 0.3) is 0 Å². The van der Waals surface area contributed by atoms with Crippen molar-refractivity contribution in [2.24, 2.45) is 4.99 Å². The number of hydrogen-bond donors (Lipinski definition) is 2. The van der Waals surface area contributed by atoms with Crippen LogP contribution in [0.1, 0.15) is 44.4 Å². The largest absolute Gasteiger partial charge is 0.377 e. The molecular weight excluding hydrogens is 380 g/mol. The van der Waals surface area contributed by atoms with E-state index < -0.39 is 0 Å². The van der Waals surface area contributed by atoms with Crippen LogP contribution in [0.3, 0.4) is 0 Å². The van der Waals surface area contributed by atoms with Crippen LogP contribution >= 0.6 is 0 Å². The predicted molar refractivity (Wildman–Crippen MR) is 119 cm³/mol. The van der Waals surface area contributed by atoms with Crippen molar-refractivity contribution in [2.45, 2.75) is 59.4 Å². The molecule has 2 aromatic rings.